The second kappa shape index (κ2) is 9.70. The molecule has 0 radical (unpaired) electrons. The molecular formula is C20H24ClN5O3S. The second-order valence-electron chi connectivity index (χ2n) is 7.51. The molecule has 0 atom stereocenters. The van der Waals surface area contributed by atoms with Crippen LogP contribution in [0.3, 0.4) is 0 Å². The number of halogens is 1. The summed E-state index contributed by atoms with van der Waals surface area (Å²) in [4.78, 5) is 24.1. The van der Waals surface area contributed by atoms with Crippen molar-refractivity contribution >= 4 is 35.3 Å². The smallest absolute Gasteiger partial charge is 0.321 e. The minimum absolute atomic E-state index is 0.0916. The number of benzene rings is 1. The van der Waals surface area contributed by atoms with Crippen LogP contribution in [0, 0.1) is 0 Å². The quantitative estimate of drug-likeness (QED) is 0.596. The van der Waals surface area contributed by atoms with Crippen molar-refractivity contribution < 1.29 is 14.3 Å². The Morgan fingerprint density at radius 1 is 1.17 bits per heavy atom. The summed E-state index contributed by atoms with van der Waals surface area (Å²) in [5, 5.41) is 14.9. The number of thioether (sulfide) groups is 1. The maximum absolute atomic E-state index is 12.2. The molecular weight excluding hydrogens is 426 g/mol. The maximum atomic E-state index is 12.2. The van der Waals surface area contributed by atoms with Gasteiger partial charge in [-0.1, -0.05) is 48.3 Å². The first-order valence-corrected chi connectivity index (χ1v) is 11.5. The third kappa shape index (κ3) is 5.46. The highest BCUT2D eigenvalue weighted by atomic mass is 35.5. The number of carbonyl (C=O) groups is 2. The number of ether oxygens (including phenoxy) is 1. The van der Waals surface area contributed by atoms with Crippen LogP contribution in [-0.2, 0) is 11.4 Å². The maximum Gasteiger partial charge on any atom is 0.321 e. The number of hydrogen-bond donors (Lipinski definition) is 2. The average molecular weight is 450 g/mol. The summed E-state index contributed by atoms with van der Waals surface area (Å²) in [6, 6.07) is 7.34. The number of nitrogens with zero attached hydrogens (tertiary/aromatic N) is 3. The van der Waals surface area contributed by atoms with Crippen LogP contribution in [0.2, 0.25) is 5.02 Å². The number of carbonyl (C=O) groups excluding carboxylic acids is 2. The van der Waals surface area contributed by atoms with E-state index in [1.165, 1.54) is 11.8 Å². The number of aromatic nitrogens is 3. The van der Waals surface area contributed by atoms with Gasteiger partial charge in [0.15, 0.2) is 11.0 Å². The van der Waals surface area contributed by atoms with Crippen LogP contribution in [0.4, 0.5) is 4.79 Å². The van der Waals surface area contributed by atoms with Crippen molar-refractivity contribution in [2.24, 2.45) is 0 Å². The Morgan fingerprint density at radius 3 is 2.67 bits per heavy atom. The number of hydrogen-bond acceptors (Lipinski definition) is 6. The van der Waals surface area contributed by atoms with E-state index in [1.54, 1.807) is 12.1 Å². The third-order valence-corrected chi connectivity index (χ3v) is 6.37. The molecule has 30 heavy (non-hydrogen) atoms. The average Bonchev–Trinajstić information content (AvgIpc) is 3.27. The van der Waals surface area contributed by atoms with Crippen molar-refractivity contribution in [1.29, 1.82) is 0 Å². The van der Waals surface area contributed by atoms with Gasteiger partial charge in [-0.2, -0.15) is 0 Å². The van der Waals surface area contributed by atoms with Crippen molar-refractivity contribution in [3.63, 3.8) is 0 Å². The predicted molar refractivity (Wildman–Crippen MR) is 114 cm³/mol. The van der Waals surface area contributed by atoms with Crippen molar-refractivity contribution in [2.75, 3.05) is 5.75 Å². The molecule has 2 N–H and O–H groups in total. The van der Waals surface area contributed by atoms with Crippen molar-refractivity contribution in [3.8, 4) is 5.75 Å². The van der Waals surface area contributed by atoms with E-state index >= 15 is 0 Å². The van der Waals surface area contributed by atoms with Crippen LogP contribution in [0.1, 0.15) is 50.4 Å². The van der Waals surface area contributed by atoms with Crippen LogP contribution in [0.25, 0.3) is 0 Å². The van der Waals surface area contributed by atoms with Gasteiger partial charge in [0.1, 0.15) is 12.4 Å². The summed E-state index contributed by atoms with van der Waals surface area (Å²) in [6.45, 7) is 0.240. The van der Waals surface area contributed by atoms with E-state index in [4.69, 9.17) is 16.3 Å². The predicted octanol–water partition coefficient (Wildman–Crippen LogP) is 3.71. The highest BCUT2D eigenvalue weighted by molar-refractivity contribution is 7.99. The lowest BCUT2D eigenvalue weighted by Gasteiger charge is -2.12. The molecule has 3 amide bonds. The van der Waals surface area contributed by atoms with E-state index in [-0.39, 0.29) is 24.3 Å². The SMILES string of the molecule is O=C(CSc1nnc(COc2ccccc2Cl)n1C1CC1)NC(=O)NC1CCCC1. The molecule has 2 fully saturated rings. The van der Waals surface area contributed by atoms with Crippen LogP contribution in [0.5, 0.6) is 5.75 Å². The monoisotopic (exact) mass is 449 g/mol. The first-order chi connectivity index (χ1) is 14.6. The van der Waals surface area contributed by atoms with E-state index in [0.717, 1.165) is 38.5 Å². The molecule has 1 heterocycles. The lowest BCUT2D eigenvalue weighted by atomic mass is 10.2. The highest BCUT2D eigenvalue weighted by Gasteiger charge is 2.30. The molecule has 4 rings (SSSR count). The molecule has 0 unspecified atom stereocenters. The van der Waals surface area contributed by atoms with Gasteiger partial charge in [-0.25, -0.2) is 4.79 Å². The van der Waals surface area contributed by atoms with Crippen molar-refractivity contribution in [1.82, 2.24) is 25.4 Å². The Bertz CT molecular complexity index is 912. The number of para-hydroxylation sites is 1. The van der Waals surface area contributed by atoms with Crippen LogP contribution in [-0.4, -0.2) is 38.5 Å². The number of rotatable bonds is 8. The zero-order valence-corrected chi connectivity index (χ0v) is 18.0. The topological polar surface area (TPSA) is 98.1 Å². The van der Waals surface area contributed by atoms with Gasteiger partial charge in [0.25, 0.3) is 0 Å². The molecule has 0 spiro atoms. The molecule has 1 aromatic carbocycles. The first-order valence-electron chi connectivity index (χ1n) is 10.1. The second-order valence-corrected chi connectivity index (χ2v) is 8.86. The Labute approximate surface area is 184 Å². The minimum atomic E-state index is -0.426. The molecule has 160 valence electrons. The highest BCUT2D eigenvalue weighted by Crippen LogP contribution is 2.39. The van der Waals surface area contributed by atoms with Gasteiger partial charge < -0.3 is 10.1 Å². The summed E-state index contributed by atoms with van der Waals surface area (Å²) >= 11 is 7.41. The number of urea groups is 1. The van der Waals surface area contributed by atoms with E-state index in [2.05, 4.69) is 20.8 Å². The Morgan fingerprint density at radius 2 is 1.93 bits per heavy atom. The zero-order valence-electron chi connectivity index (χ0n) is 16.5. The first kappa shape index (κ1) is 21.0. The molecule has 8 nitrogen and oxygen atoms in total. The van der Waals surface area contributed by atoms with E-state index in [0.29, 0.717) is 27.8 Å². The summed E-state index contributed by atoms with van der Waals surface area (Å²) in [6.07, 6.45) is 6.27. The zero-order chi connectivity index (χ0) is 20.9. The summed E-state index contributed by atoms with van der Waals surface area (Å²) in [5.41, 5.74) is 0. The number of nitrogens with one attached hydrogen (secondary N) is 2. The molecule has 2 aliphatic rings. The van der Waals surface area contributed by atoms with E-state index < -0.39 is 6.03 Å². The van der Waals surface area contributed by atoms with Crippen LogP contribution in [0.15, 0.2) is 29.4 Å². The van der Waals surface area contributed by atoms with E-state index in [9.17, 15) is 9.59 Å². The summed E-state index contributed by atoms with van der Waals surface area (Å²) in [7, 11) is 0. The molecule has 2 saturated carbocycles. The lowest BCUT2D eigenvalue weighted by Crippen LogP contribution is -2.44. The minimum Gasteiger partial charge on any atom is -0.484 e. The van der Waals surface area contributed by atoms with Crippen molar-refractivity contribution in [2.45, 2.75) is 62.4 Å². The van der Waals surface area contributed by atoms with Crippen molar-refractivity contribution in [3.05, 3.63) is 35.1 Å². The molecule has 0 aliphatic heterocycles. The number of amides is 3. The Balaban J connectivity index is 1.31. The largest absolute Gasteiger partial charge is 0.484 e. The normalized spacial score (nSPS) is 16.4. The molecule has 10 heteroatoms. The fourth-order valence-corrected chi connectivity index (χ4v) is 4.51. The molecule has 0 saturated heterocycles. The Hall–Kier alpha value is -2.26. The summed E-state index contributed by atoms with van der Waals surface area (Å²) in [5.74, 6) is 1.02. The lowest BCUT2D eigenvalue weighted by molar-refractivity contribution is -0.117. The van der Waals surface area contributed by atoms with Gasteiger partial charge in [0, 0.05) is 12.1 Å². The standard InChI is InChI=1S/C20H24ClN5O3S/c21-15-7-3-4-8-16(15)29-11-17-24-25-20(26(17)14-9-10-14)30-12-18(27)23-19(28)22-13-5-1-2-6-13/h3-4,7-8,13-14H,1-2,5-6,9-12H2,(H2,22,23,27,28). The van der Waals surface area contributed by atoms with Gasteiger partial charge in [-0.15, -0.1) is 10.2 Å². The van der Waals surface area contributed by atoms with Crippen LogP contribution < -0.4 is 15.4 Å². The fourth-order valence-electron chi connectivity index (χ4n) is 3.49. The third-order valence-electron chi connectivity index (χ3n) is 5.12. The fraction of sp³-hybridized carbons (Fsp3) is 0.500. The van der Waals surface area contributed by atoms with E-state index in [1.807, 2.05) is 16.7 Å². The molecule has 2 aliphatic carbocycles. The van der Waals surface area contributed by atoms with Gasteiger partial charge >= 0.3 is 6.03 Å². The molecule has 0 bridgehead atoms. The number of imide groups is 1. The van der Waals surface area contributed by atoms with Crippen LogP contribution >= 0.6 is 23.4 Å². The Kier molecular flexibility index (Phi) is 6.79. The van der Waals surface area contributed by atoms with Gasteiger partial charge in [0.2, 0.25) is 5.91 Å². The van der Waals surface area contributed by atoms with Gasteiger partial charge in [-0.05, 0) is 37.8 Å². The summed E-state index contributed by atoms with van der Waals surface area (Å²) < 4.78 is 7.82. The van der Waals surface area contributed by atoms with Gasteiger partial charge in [0.05, 0.1) is 10.8 Å². The molecule has 2 aromatic rings. The van der Waals surface area contributed by atoms with Gasteiger partial charge in [-0.3, -0.25) is 14.7 Å². The molecule has 1 aromatic heterocycles.